The van der Waals surface area contributed by atoms with Crippen molar-refractivity contribution in [3.05, 3.63) is 63.6 Å². The van der Waals surface area contributed by atoms with Crippen LogP contribution in [0.15, 0.2) is 46.9 Å². The van der Waals surface area contributed by atoms with Gasteiger partial charge in [-0.25, -0.2) is 4.79 Å². The Morgan fingerprint density at radius 1 is 1.08 bits per heavy atom. The number of halogens is 1. The van der Waals surface area contributed by atoms with Gasteiger partial charge in [-0.3, -0.25) is 14.5 Å². The number of methoxy groups -OCH3 is 1. The molecule has 0 spiro atoms. The molecule has 2 amide bonds. The van der Waals surface area contributed by atoms with Crippen molar-refractivity contribution in [3.8, 4) is 5.75 Å². The Kier molecular flexibility index (Phi) is 4.85. The fourth-order valence-corrected chi connectivity index (χ4v) is 2.95. The molecular formula is C18H14BrNO5. The number of imide groups is 1. The average molecular weight is 404 g/mol. The minimum absolute atomic E-state index is 0.000323. The molecule has 1 aliphatic rings. The van der Waals surface area contributed by atoms with Gasteiger partial charge in [0.25, 0.3) is 11.8 Å². The van der Waals surface area contributed by atoms with Gasteiger partial charge in [0.05, 0.1) is 30.3 Å². The van der Waals surface area contributed by atoms with E-state index in [1.807, 2.05) is 0 Å². The number of rotatable bonds is 5. The van der Waals surface area contributed by atoms with E-state index in [1.165, 1.54) is 7.11 Å². The molecule has 0 N–H and O–H groups in total. The number of esters is 1. The Morgan fingerprint density at radius 3 is 2.32 bits per heavy atom. The lowest BCUT2D eigenvalue weighted by Crippen LogP contribution is -2.33. The third kappa shape index (κ3) is 3.28. The van der Waals surface area contributed by atoms with Crippen LogP contribution in [0.2, 0.25) is 0 Å². The van der Waals surface area contributed by atoms with Gasteiger partial charge in [-0.1, -0.05) is 12.1 Å². The third-order valence-corrected chi connectivity index (χ3v) is 4.51. The van der Waals surface area contributed by atoms with E-state index in [0.29, 0.717) is 26.9 Å². The monoisotopic (exact) mass is 403 g/mol. The molecular weight excluding hydrogens is 390 g/mol. The molecule has 1 aliphatic heterocycles. The van der Waals surface area contributed by atoms with E-state index in [4.69, 9.17) is 9.47 Å². The van der Waals surface area contributed by atoms with Gasteiger partial charge in [-0.05, 0) is 46.3 Å². The van der Waals surface area contributed by atoms with Crippen LogP contribution in [0.25, 0.3) is 0 Å². The van der Waals surface area contributed by atoms with Gasteiger partial charge in [-0.15, -0.1) is 0 Å². The van der Waals surface area contributed by atoms with Crippen LogP contribution in [0.4, 0.5) is 0 Å². The molecule has 2 aromatic carbocycles. The number of amides is 2. The number of hydrogen-bond acceptors (Lipinski definition) is 5. The third-order valence-electron chi connectivity index (χ3n) is 3.82. The molecule has 0 radical (unpaired) electrons. The molecule has 0 unspecified atom stereocenters. The first kappa shape index (κ1) is 17.2. The van der Waals surface area contributed by atoms with Crippen LogP contribution >= 0.6 is 15.9 Å². The van der Waals surface area contributed by atoms with Crippen LogP contribution < -0.4 is 4.74 Å². The molecule has 0 fully saturated rings. The maximum absolute atomic E-state index is 12.2. The van der Waals surface area contributed by atoms with E-state index in [0.717, 1.165) is 4.90 Å². The molecule has 0 saturated carbocycles. The molecule has 0 aliphatic carbocycles. The van der Waals surface area contributed by atoms with Crippen LogP contribution in [0.5, 0.6) is 5.75 Å². The first-order valence-electron chi connectivity index (χ1n) is 7.49. The SMILES string of the molecule is COc1ccc(Br)c(C(=O)OCCN2C(=O)c3ccccc3C2=O)c1. The number of ether oxygens (including phenoxy) is 2. The molecule has 0 bridgehead atoms. The molecule has 25 heavy (non-hydrogen) atoms. The summed E-state index contributed by atoms with van der Waals surface area (Å²) in [6.45, 7) is -0.0897. The van der Waals surface area contributed by atoms with Crippen LogP contribution in [0, 0.1) is 0 Å². The number of nitrogens with zero attached hydrogens (tertiary/aromatic N) is 1. The van der Waals surface area contributed by atoms with Crippen molar-refractivity contribution in [2.75, 3.05) is 20.3 Å². The lowest BCUT2D eigenvalue weighted by atomic mass is 10.1. The molecule has 1 heterocycles. The van der Waals surface area contributed by atoms with Gasteiger partial charge in [0, 0.05) is 4.47 Å². The summed E-state index contributed by atoms with van der Waals surface area (Å²) in [5.41, 5.74) is 1.05. The Bertz CT molecular complexity index is 829. The molecule has 7 heteroatoms. The molecule has 3 rings (SSSR count). The van der Waals surface area contributed by atoms with E-state index in [1.54, 1.807) is 42.5 Å². The summed E-state index contributed by atoms with van der Waals surface area (Å²) in [4.78, 5) is 37.7. The van der Waals surface area contributed by atoms with Crippen molar-refractivity contribution in [2.45, 2.75) is 0 Å². The summed E-state index contributed by atoms with van der Waals surface area (Å²) < 4.78 is 10.8. The second-order valence-corrected chi connectivity index (χ2v) is 6.14. The smallest absolute Gasteiger partial charge is 0.339 e. The Labute approximate surface area is 152 Å². The number of carbonyl (C=O) groups excluding carboxylic acids is 3. The summed E-state index contributed by atoms with van der Waals surface area (Å²) in [5, 5.41) is 0. The predicted octanol–water partition coefficient (Wildman–Crippen LogP) is 2.91. The Morgan fingerprint density at radius 2 is 1.72 bits per heavy atom. The van der Waals surface area contributed by atoms with Gasteiger partial charge in [-0.2, -0.15) is 0 Å². The second-order valence-electron chi connectivity index (χ2n) is 5.29. The number of hydrogen-bond donors (Lipinski definition) is 0. The fourth-order valence-electron chi connectivity index (χ4n) is 2.54. The Hall–Kier alpha value is -2.67. The van der Waals surface area contributed by atoms with Gasteiger partial charge in [0.2, 0.25) is 0 Å². The standard InChI is InChI=1S/C18H14BrNO5/c1-24-11-6-7-15(19)14(10-11)18(23)25-9-8-20-16(21)12-4-2-3-5-13(12)17(20)22/h2-7,10H,8-9H2,1H3. The molecule has 0 aromatic heterocycles. The van der Waals surface area contributed by atoms with Crippen LogP contribution in [-0.4, -0.2) is 42.9 Å². The van der Waals surface area contributed by atoms with Gasteiger partial charge in [0.1, 0.15) is 12.4 Å². The average Bonchev–Trinajstić information content (AvgIpc) is 2.87. The number of carbonyl (C=O) groups is 3. The highest BCUT2D eigenvalue weighted by Gasteiger charge is 2.34. The predicted molar refractivity (Wildman–Crippen MR) is 92.8 cm³/mol. The summed E-state index contributed by atoms with van der Waals surface area (Å²) in [5.74, 6) is -0.795. The van der Waals surface area contributed by atoms with Crippen molar-refractivity contribution in [1.82, 2.24) is 4.90 Å². The molecule has 0 saturated heterocycles. The normalized spacial score (nSPS) is 13.0. The van der Waals surface area contributed by atoms with Gasteiger partial charge in [0.15, 0.2) is 0 Å². The van der Waals surface area contributed by atoms with Crippen LogP contribution in [0.3, 0.4) is 0 Å². The van der Waals surface area contributed by atoms with Crippen LogP contribution in [0.1, 0.15) is 31.1 Å². The first-order valence-corrected chi connectivity index (χ1v) is 8.28. The van der Waals surface area contributed by atoms with Gasteiger partial charge >= 0.3 is 5.97 Å². The van der Waals surface area contributed by atoms with Crippen molar-refractivity contribution in [1.29, 1.82) is 0 Å². The zero-order chi connectivity index (χ0) is 18.0. The van der Waals surface area contributed by atoms with Crippen LogP contribution in [-0.2, 0) is 4.74 Å². The van der Waals surface area contributed by atoms with E-state index in [-0.39, 0.29) is 25.0 Å². The Balaban J connectivity index is 1.63. The largest absolute Gasteiger partial charge is 0.497 e. The molecule has 0 atom stereocenters. The van der Waals surface area contributed by atoms with E-state index < -0.39 is 5.97 Å². The first-order chi connectivity index (χ1) is 12.0. The number of benzene rings is 2. The maximum Gasteiger partial charge on any atom is 0.339 e. The lowest BCUT2D eigenvalue weighted by molar-refractivity contribution is 0.0419. The lowest BCUT2D eigenvalue weighted by Gasteiger charge is -2.14. The van der Waals surface area contributed by atoms with Crippen molar-refractivity contribution < 1.29 is 23.9 Å². The van der Waals surface area contributed by atoms with Crippen molar-refractivity contribution in [2.24, 2.45) is 0 Å². The van der Waals surface area contributed by atoms with E-state index in [9.17, 15) is 14.4 Å². The van der Waals surface area contributed by atoms with E-state index in [2.05, 4.69) is 15.9 Å². The summed E-state index contributed by atoms with van der Waals surface area (Å²) in [6.07, 6.45) is 0. The summed E-state index contributed by atoms with van der Waals surface area (Å²) in [6, 6.07) is 11.6. The van der Waals surface area contributed by atoms with Gasteiger partial charge < -0.3 is 9.47 Å². The maximum atomic E-state index is 12.2. The minimum atomic E-state index is -0.567. The zero-order valence-corrected chi connectivity index (χ0v) is 14.9. The molecule has 128 valence electrons. The van der Waals surface area contributed by atoms with E-state index >= 15 is 0 Å². The molecule has 2 aromatic rings. The molecule has 6 nitrogen and oxygen atoms in total. The number of fused-ring (bicyclic) bond motifs is 1. The summed E-state index contributed by atoms with van der Waals surface area (Å²) in [7, 11) is 1.50. The highest BCUT2D eigenvalue weighted by Crippen LogP contribution is 2.24. The zero-order valence-electron chi connectivity index (χ0n) is 13.3. The highest BCUT2D eigenvalue weighted by molar-refractivity contribution is 9.10. The summed E-state index contributed by atoms with van der Waals surface area (Å²) >= 11 is 3.28. The highest BCUT2D eigenvalue weighted by atomic mass is 79.9. The van der Waals surface area contributed by atoms with Crippen molar-refractivity contribution >= 4 is 33.7 Å². The topological polar surface area (TPSA) is 72.9 Å². The quantitative estimate of drug-likeness (QED) is 0.566. The van der Waals surface area contributed by atoms with Crippen molar-refractivity contribution in [3.63, 3.8) is 0 Å². The second kappa shape index (κ2) is 7.06. The fraction of sp³-hybridized carbons (Fsp3) is 0.167. The minimum Gasteiger partial charge on any atom is -0.497 e.